The molecule has 2 aromatic heterocycles. The summed E-state index contributed by atoms with van der Waals surface area (Å²) in [6.45, 7) is 4.83. The molecule has 0 N–H and O–H groups in total. The summed E-state index contributed by atoms with van der Waals surface area (Å²) in [4.78, 5) is 13.8. The van der Waals surface area contributed by atoms with Crippen LogP contribution in [0.2, 0.25) is 0 Å². The number of benzene rings is 2. The van der Waals surface area contributed by atoms with Crippen molar-refractivity contribution in [1.82, 2.24) is 19.5 Å². The van der Waals surface area contributed by atoms with Gasteiger partial charge in [-0.25, -0.2) is 15.0 Å². The summed E-state index contributed by atoms with van der Waals surface area (Å²) in [6.07, 6.45) is 1.66. The second kappa shape index (κ2) is 6.04. The van der Waals surface area contributed by atoms with Gasteiger partial charge in [0.25, 0.3) is 0 Å². The van der Waals surface area contributed by atoms with E-state index >= 15 is 0 Å². The van der Waals surface area contributed by atoms with Gasteiger partial charge in [0, 0.05) is 34.6 Å². The first kappa shape index (κ1) is 14.8. The summed E-state index contributed by atoms with van der Waals surface area (Å²) in [6, 6.07) is 17.0. The third-order valence-electron chi connectivity index (χ3n) is 4.39. The molecule has 4 rings (SSSR count). The van der Waals surface area contributed by atoms with Crippen molar-refractivity contribution in [3.8, 4) is 0 Å². The number of fused-ring (bicyclic) bond motifs is 3. The Labute approximate surface area is 141 Å². The Morgan fingerprint density at radius 2 is 1.12 bits per heavy atom. The van der Waals surface area contributed by atoms with Crippen molar-refractivity contribution in [2.45, 2.75) is 33.2 Å². The van der Waals surface area contributed by atoms with Crippen LogP contribution in [0.25, 0.3) is 21.8 Å². The van der Waals surface area contributed by atoms with E-state index in [1.54, 1.807) is 0 Å². The van der Waals surface area contributed by atoms with Crippen molar-refractivity contribution in [1.29, 1.82) is 0 Å². The molecule has 0 aliphatic carbocycles. The molecule has 4 nitrogen and oxygen atoms in total. The molecule has 0 amide bonds. The van der Waals surface area contributed by atoms with Crippen LogP contribution in [0.5, 0.6) is 0 Å². The van der Waals surface area contributed by atoms with Crippen molar-refractivity contribution in [2.75, 3.05) is 0 Å². The summed E-state index contributed by atoms with van der Waals surface area (Å²) >= 11 is 0. The monoisotopic (exact) mass is 316 g/mol. The highest BCUT2D eigenvalue weighted by molar-refractivity contribution is 6.07. The van der Waals surface area contributed by atoms with Gasteiger partial charge in [0.15, 0.2) is 5.82 Å². The Morgan fingerprint density at radius 3 is 1.62 bits per heavy atom. The van der Waals surface area contributed by atoms with Crippen molar-refractivity contribution in [3.63, 3.8) is 0 Å². The van der Waals surface area contributed by atoms with E-state index in [0.717, 1.165) is 30.3 Å². The van der Waals surface area contributed by atoms with Gasteiger partial charge >= 0.3 is 0 Å². The molecule has 2 heterocycles. The van der Waals surface area contributed by atoms with Crippen LogP contribution in [-0.4, -0.2) is 19.5 Å². The Hall–Kier alpha value is -2.75. The van der Waals surface area contributed by atoms with Gasteiger partial charge in [-0.3, -0.25) is 0 Å². The first-order valence-electron chi connectivity index (χ1n) is 8.48. The molecule has 120 valence electrons. The van der Waals surface area contributed by atoms with Gasteiger partial charge in [0.1, 0.15) is 11.6 Å². The average molecular weight is 316 g/mol. The summed E-state index contributed by atoms with van der Waals surface area (Å²) in [5, 5.41) is 2.54. The van der Waals surface area contributed by atoms with Crippen molar-refractivity contribution in [3.05, 3.63) is 66.0 Å². The highest BCUT2D eigenvalue weighted by Crippen LogP contribution is 2.29. The van der Waals surface area contributed by atoms with Gasteiger partial charge in [0.05, 0.1) is 6.54 Å². The molecule has 4 aromatic rings. The average Bonchev–Trinajstić information content (AvgIpc) is 2.96. The zero-order valence-corrected chi connectivity index (χ0v) is 14.0. The Kier molecular flexibility index (Phi) is 3.73. The van der Waals surface area contributed by atoms with E-state index in [-0.39, 0.29) is 0 Å². The summed E-state index contributed by atoms with van der Waals surface area (Å²) < 4.78 is 2.30. The van der Waals surface area contributed by atoms with Crippen LogP contribution in [-0.2, 0) is 19.4 Å². The van der Waals surface area contributed by atoms with Crippen LogP contribution in [0.1, 0.15) is 31.3 Å². The van der Waals surface area contributed by atoms with E-state index in [1.807, 2.05) is 0 Å². The predicted molar refractivity (Wildman–Crippen MR) is 97.1 cm³/mol. The maximum absolute atomic E-state index is 4.65. The largest absolute Gasteiger partial charge is 0.333 e. The van der Waals surface area contributed by atoms with Crippen LogP contribution in [0.3, 0.4) is 0 Å². The molecule has 0 radical (unpaired) electrons. The van der Waals surface area contributed by atoms with Crippen molar-refractivity contribution >= 4 is 21.8 Å². The van der Waals surface area contributed by atoms with E-state index in [4.69, 9.17) is 0 Å². The molecule has 0 unspecified atom stereocenters. The van der Waals surface area contributed by atoms with E-state index in [1.165, 1.54) is 21.8 Å². The van der Waals surface area contributed by atoms with Gasteiger partial charge in [-0.2, -0.15) is 0 Å². The minimum absolute atomic E-state index is 0.663. The lowest BCUT2D eigenvalue weighted by Gasteiger charge is -2.09. The number of aryl methyl sites for hydroxylation is 2. The quantitative estimate of drug-likeness (QED) is 0.568. The normalized spacial score (nSPS) is 11.4. The smallest absolute Gasteiger partial charge is 0.152 e. The third-order valence-corrected chi connectivity index (χ3v) is 4.39. The summed E-state index contributed by atoms with van der Waals surface area (Å²) in [5.41, 5.74) is 2.44. The van der Waals surface area contributed by atoms with Gasteiger partial charge in [0.2, 0.25) is 0 Å². The lowest BCUT2D eigenvalue weighted by atomic mass is 10.2. The molecule has 0 fully saturated rings. The van der Waals surface area contributed by atoms with Crippen molar-refractivity contribution in [2.24, 2.45) is 0 Å². The molecule has 0 aliphatic rings. The predicted octanol–water partition coefficient (Wildman–Crippen LogP) is 4.15. The Bertz CT molecular complexity index is 941. The zero-order valence-electron chi connectivity index (χ0n) is 14.0. The number of hydrogen-bond acceptors (Lipinski definition) is 3. The second-order valence-corrected chi connectivity index (χ2v) is 5.91. The van der Waals surface area contributed by atoms with Crippen LogP contribution < -0.4 is 0 Å². The molecule has 0 saturated heterocycles. The van der Waals surface area contributed by atoms with E-state index in [0.29, 0.717) is 6.54 Å². The third kappa shape index (κ3) is 2.44. The minimum atomic E-state index is 0.663. The topological polar surface area (TPSA) is 43.6 Å². The fraction of sp³-hybridized carbons (Fsp3) is 0.250. The van der Waals surface area contributed by atoms with Crippen LogP contribution >= 0.6 is 0 Å². The maximum atomic E-state index is 4.65. The van der Waals surface area contributed by atoms with Gasteiger partial charge in [-0.1, -0.05) is 50.2 Å². The number of rotatable bonds is 4. The van der Waals surface area contributed by atoms with Crippen molar-refractivity contribution < 1.29 is 0 Å². The number of nitrogens with zero attached hydrogens (tertiary/aromatic N) is 4. The Balaban J connectivity index is 1.90. The second-order valence-electron chi connectivity index (χ2n) is 5.91. The highest BCUT2D eigenvalue weighted by Gasteiger charge is 2.12. The molecule has 24 heavy (non-hydrogen) atoms. The van der Waals surface area contributed by atoms with Crippen LogP contribution in [0.15, 0.2) is 48.5 Å². The maximum Gasteiger partial charge on any atom is 0.152 e. The fourth-order valence-electron chi connectivity index (χ4n) is 3.22. The lowest BCUT2D eigenvalue weighted by Crippen LogP contribution is -2.10. The number of hydrogen-bond donors (Lipinski definition) is 0. The molecule has 0 saturated carbocycles. The van der Waals surface area contributed by atoms with E-state index < -0.39 is 0 Å². The van der Waals surface area contributed by atoms with Gasteiger partial charge < -0.3 is 4.57 Å². The van der Waals surface area contributed by atoms with Gasteiger partial charge in [-0.15, -0.1) is 0 Å². The molecule has 4 heteroatoms. The summed E-state index contributed by atoms with van der Waals surface area (Å²) in [7, 11) is 0. The number of para-hydroxylation sites is 2. The molecule has 0 aliphatic heterocycles. The molecular formula is C20H20N4. The molecule has 0 atom stereocenters. The number of aromatic nitrogens is 4. The molecular weight excluding hydrogens is 296 g/mol. The zero-order chi connectivity index (χ0) is 16.5. The molecule has 0 bridgehead atoms. The minimum Gasteiger partial charge on any atom is -0.333 e. The molecule has 0 spiro atoms. The van der Waals surface area contributed by atoms with Crippen LogP contribution in [0.4, 0.5) is 0 Å². The van der Waals surface area contributed by atoms with Crippen LogP contribution in [0, 0.1) is 0 Å². The lowest BCUT2D eigenvalue weighted by molar-refractivity contribution is 0.723. The first-order chi connectivity index (χ1) is 11.8. The summed E-state index contributed by atoms with van der Waals surface area (Å²) in [5.74, 6) is 2.58. The van der Waals surface area contributed by atoms with E-state index in [2.05, 4.69) is 81.9 Å². The first-order valence-corrected chi connectivity index (χ1v) is 8.48. The fourth-order valence-corrected chi connectivity index (χ4v) is 3.22. The highest BCUT2D eigenvalue weighted by atomic mass is 15.1. The SMILES string of the molecule is CCc1nc(CC)nc(Cn2c3ccccc3c3ccccc32)n1. The van der Waals surface area contributed by atoms with Gasteiger partial charge in [-0.05, 0) is 12.1 Å². The van der Waals surface area contributed by atoms with E-state index in [9.17, 15) is 0 Å². The standard InChI is InChI=1S/C20H20N4/c1-3-18-21-19(4-2)23-20(22-18)13-24-16-11-7-5-9-14(16)15-10-6-8-12-17(15)24/h5-12H,3-4,13H2,1-2H3. The molecule has 2 aromatic carbocycles. The Morgan fingerprint density at radius 1 is 0.667 bits per heavy atom.